The SMILES string of the molecule is CC(O)C(O)NC(=O)CNC(=O)OC(C)(C)C. The van der Waals surface area contributed by atoms with E-state index >= 15 is 0 Å². The van der Waals surface area contributed by atoms with E-state index in [1.54, 1.807) is 20.8 Å². The largest absolute Gasteiger partial charge is 0.444 e. The number of carbonyl (C=O) groups is 2. The summed E-state index contributed by atoms with van der Waals surface area (Å²) in [5.41, 5.74) is -0.639. The summed E-state index contributed by atoms with van der Waals surface area (Å²) in [6.07, 6.45) is -3.16. The van der Waals surface area contributed by atoms with Crippen LogP contribution in [0.5, 0.6) is 0 Å². The van der Waals surface area contributed by atoms with Crippen molar-refractivity contribution in [2.24, 2.45) is 0 Å². The molecule has 0 aromatic heterocycles. The molecule has 2 unspecified atom stereocenters. The van der Waals surface area contributed by atoms with Crippen molar-refractivity contribution in [1.82, 2.24) is 10.6 Å². The molecular weight excluding hydrogens is 228 g/mol. The van der Waals surface area contributed by atoms with Gasteiger partial charge in [0.05, 0.1) is 6.10 Å². The molecule has 4 N–H and O–H groups in total. The molecule has 7 heteroatoms. The molecule has 0 saturated carbocycles. The Hall–Kier alpha value is -1.34. The zero-order valence-electron chi connectivity index (χ0n) is 10.5. The van der Waals surface area contributed by atoms with Gasteiger partial charge < -0.3 is 25.6 Å². The average Bonchev–Trinajstić information content (AvgIpc) is 2.11. The van der Waals surface area contributed by atoms with Crippen molar-refractivity contribution in [3.05, 3.63) is 0 Å². The Kier molecular flexibility index (Phi) is 5.90. The fourth-order valence-electron chi connectivity index (χ4n) is 0.803. The standard InChI is InChI=1S/C10H20N2O5/c1-6(13)8(15)12-7(14)5-11-9(16)17-10(2,3)4/h6,8,13,15H,5H2,1-4H3,(H,11,16)(H,12,14). The summed E-state index contributed by atoms with van der Waals surface area (Å²) in [6, 6.07) is 0. The number of carbonyl (C=O) groups excluding carboxylic acids is 2. The van der Waals surface area contributed by atoms with Crippen LogP contribution >= 0.6 is 0 Å². The van der Waals surface area contributed by atoms with E-state index in [2.05, 4.69) is 10.6 Å². The minimum atomic E-state index is -1.36. The number of hydrogen-bond donors (Lipinski definition) is 4. The second-order valence-electron chi connectivity index (χ2n) is 4.61. The second kappa shape index (κ2) is 6.41. The first-order chi connectivity index (χ1) is 7.61. The van der Waals surface area contributed by atoms with Gasteiger partial charge >= 0.3 is 6.09 Å². The van der Waals surface area contributed by atoms with Crippen molar-refractivity contribution in [3.8, 4) is 0 Å². The van der Waals surface area contributed by atoms with Crippen LogP contribution in [-0.2, 0) is 9.53 Å². The van der Waals surface area contributed by atoms with Crippen LogP contribution in [0.1, 0.15) is 27.7 Å². The number of amides is 2. The van der Waals surface area contributed by atoms with Crippen molar-refractivity contribution in [2.45, 2.75) is 45.6 Å². The van der Waals surface area contributed by atoms with Crippen molar-refractivity contribution in [1.29, 1.82) is 0 Å². The number of nitrogens with one attached hydrogen (secondary N) is 2. The summed E-state index contributed by atoms with van der Waals surface area (Å²) in [5.74, 6) is -0.621. The number of rotatable bonds is 4. The fourth-order valence-corrected chi connectivity index (χ4v) is 0.803. The highest BCUT2D eigenvalue weighted by Crippen LogP contribution is 2.05. The van der Waals surface area contributed by atoms with Crippen LogP contribution in [-0.4, -0.2) is 46.7 Å². The molecule has 0 aromatic rings. The molecule has 0 radical (unpaired) electrons. The highest BCUT2D eigenvalue weighted by Gasteiger charge is 2.18. The van der Waals surface area contributed by atoms with Gasteiger partial charge in [0.15, 0.2) is 6.23 Å². The molecule has 2 atom stereocenters. The maximum atomic E-state index is 11.2. The van der Waals surface area contributed by atoms with Gasteiger partial charge in [0.2, 0.25) is 5.91 Å². The van der Waals surface area contributed by atoms with Crippen LogP contribution in [0, 0.1) is 0 Å². The molecule has 0 spiro atoms. The maximum Gasteiger partial charge on any atom is 0.408 e. The first-order valence-corrected chi connectivity index (χ1v) is 5.24. The molecular formula is C10H20N2O5. The van der Waals surface area contributed by atoms with Crippen LogP contribution in [0.4, 0.5) is 4.79 Å². The van der Waals surface area contributed by atoms with Crippen LogP contribution < -0.4 is 10.6 Å². The van der Waals surface area contributed by atoms with Crippen molar-refractivity contribution in [2.75, 3.05) is 6.54 Å². The van der Waals surface area contributed by atoms with Gasteiger partial charge in [-0.3, -0.25) is 4.79 Å². The smallest absolute Gasteiger partial charge is 0.408 e. The Balaban J connectivity index is 3.89. The first kappa shape index (κ1) is 15.7. The summed E-state index contributed by atoms with van der Waals surface area (Å²) >= 11 is 0. The normalized spacial score (nSPS) is 14.7. The van der Waals surface area contributed by atoms with E-state index in [4.69, 9.17) is 14.9 Å². The molecule has 0 heterocycles. The number of aliphatic hydroxyl groups excluding tert-OH is 2. The quantitative estimate of drug-likeness (QED) is 0.493. The Bertz CT molecular complexity index is 272. The molecule has 0 saturated heterocycles. The number of aliphatic hydroxyl groups is 2. The third-order valence-corrected chi connectivity index (χ3v) is 1.56. The van der Waals surface area contributed by atoms with Gasteiger partial charge in [-0.2, -0.15) is 0 Å². The van der Waals surface area contributed by atoms with Gasteiger partial charge in [-0.15, -0.1) is 0 Å². The van der Waals surface area contributed by atoms with Crippen LogP contribution in [0.2, 0.25) is 0 Å². The van der Waals surface area contributed by atoms with E-state index in [1.165, 1.54) is 6.92 Å². The lowest BCUT2D eigenvalue weighted by Gasteiger charge is -2.20. The molecule has 0 bridgehead atoms. The summed E-state index contributed by atoms with van der Waals surface area (Å²) in [6.45, 7) is 6.09. The molecule has 0 aromatic carbocycles. The van der Waals surface area contributed by atoms with Crippen molar-refractivity contribution >= 4 is 12.0 Å². The van der Waals surface area contributed by atoms with Gasteiger partial charge in [0, 0.05) is 0 Å². The minimum absolute atomic E-state index is 0.335. The molecule has 0 aliphatic carbocycles. The van der Waals surface area contributed by atoms with Gasteiger partial charge in [-0.05, 0) is 27.7 Å². The Morgan fingerprint density at radius 1 is 1.29 bits per heavy atom. The number of alkyl carbamates (subject to hydrolysis) is 1. The molecule has 100 valence electrons. The first-order valence-electron chi connectivity index (χ1n) is 5.24. The zero-order valence-corrected chi connectivity index (χ0v) is 10.5. The van der Waals surface area contributed by atoms with Crippen LogP contribution in [0.15, 0.2) is 0 Å². The van der Waals surface area contributed by atoms with E-state index in [9.17, 15) is 9.59 Å². The number of ether oxygens (including phenoxy) is 1. The summed E-state index contributed by atoms with van der Waals surface area (Å²) in [4.78, 5) is 22.3. The van der Waals surface area contributed by atoms with E-state index in [0.717, 1.165) is 0 Å². The average molecular weight is 248 g/mol. The molecule has 7 nitrogen and oxygen atoms in total. The maximum absolute atomic E-state index is 11.2. The van der Waals surface area contributed by atoms with Gasteiger partial charge in [0.25, 0.3) is 0 Å². The second-order valence-corrected chi connectivity index (χ2v) is 4.61. The van der Waals surface area contributed by atoms with E-state index in [1.807, 2.05) is 0 Å². The molecule has 2 amide bonds. The minimum Gasteiger partial charge on any atom is -0.444 e. The van der Waals surface area contributed by atoms with Gasteiger partial charge in [0.1, 0.15) is 12.1 Å². The van der Waals surface area contributed by atoms with Crippen LogP contribution in [0.3, 0.4) is 0 Å². The van der Waals surface area contributed by atoms with E-state index in [0.29, 0.717) is 0 Å². The summed E-state index contributed by atoms with van der Waals surface area (Å²) < 4.78 is 4.90. The Morgan fingerprint density at radius 3 is 2.24 bits per heavy atom. The van der Waals surface area contributed by atoms with E-state index in [-0.39, 0.29) is 6.54 Å². The van der Waals surface area contributed by atoms with Crippen molar-refractivity contribution < 1.29 is 24.5 Å². The topological polar surface area (TPSA) is 108 Å². The third-order valence-electron chi connectivity index (χ3n) is 1.56. The van der Waals surface area contributed by atoms with Crippen LogP contribution in [0.25, 0.3) is 0 Å². The summed E-state index contributed by atoms with van der Waals surface area (Å²) in [5, 5.41) is 22.4. The number of hydrogen-bond acceptors (Lipinski definition) is 5. The molecule has 17 heavy (non-hydrogen) atoms. The zero-order chi connectivity index (χ0) is 13.6. The lowest BCUT2D eigenvalue weighted by Crippen LogP contribution is -2.46. The molecule has 0 aliphatic rings. The van der Waals surface area contributed by atoms with Gasteiger partial charge in [-0.25, -0.2) is 4.79 Å². The molecule has 0 rings (SSSR count). The van der Waals surface area contributed by atoms with Crippen molar-refractivity contribution in [3.63, 3.8) is 0 Å². The van der Waals surface area contributed by atoms with E-state index < -0.39 is 29.9 Å². The van der Waals surface area contributed by atoms with Gasteiger partial charge in [-0.1, -0.05) is 0 Å². The molecule has 0 aliphatic heterocycles. The monoisotopic (exact) mass is 248 g/mol. The third kappa shape index (κ3) is 8.47. The predicted molar refractivity (Wildman–Crippen MR) is 60.1 cm³/mol. The summed E-state index contributed by atoms with van der Waals surface area (Å²) in [7, 11) is 0. The highest BCUT2D eigenvalue weighted by molar-refractivity contribution is 5.82. The lowest BCUT2D eigenvalue weighted by molar-refractivity contribution is -0.125. The Labute approximate surface area is 100 Å². The Morgan fingerprint density at radius 2 is 1.82 bits per heavy atom. The highest BCUT2D eigenvalue weighted by atomic mass is 16.6. The fraction of sp³-hybridized carbons (Fsp3) is 0.800. The molecule has 0 fully saturated rings. The lowest BCUT2D eigenvalue weighted by atomic mass is 10.2. The predicted octanol–water partition coefficient (Wildman–Crippen LogP) is -0.674.